The third kappa shape index (κ3) is 3.28. The van der Waals surface area contributed by atoms with Crippen molar-refractivity contribution >= 4 is 11.8 Å². The number of nitrogen functional groups attached to an aromatic ring is 1. The summed E-state index contributed by atoms with van der Waals surface area (Å²) >= 11 is 0. The second-order valence-electron chi connectivity index (χ2n) is 2.75. The van der Waals surface area contributed by atoms with Crippen molar-refractivity contribution in [2.24, 2.45) is 11.6 Å². The van der Waals surface area contributed by atoms with Gasteiger partial charge in [0.2, 0.25) is 0 Å². The molecule has 0 heterocycles. The molecule has 0 unspecified atom stereocenters. The minimum atomic E-state index is -0.557. The van der Waals surface area contributed by atoms with Crippen LogP contribution in [-0.4, -0.2) is 18.4 Å². The summed E-state index contributed by atoms with van der Waals surface area (Å²) in [6, 6.07) is 6.15. The largest absolute Gasteiger partial charge is 0.484 e. The molecule has 6 heteroatoms. The minimum absolute atomic E-state index is 0.192. The molecule has 0 aliphatic rings. The highest BCUT2D eigenvalue weighted by atomic mass is 16.5. The van der Waals surface area contributed by atoms with E-state index in [1.54, 1.807) is 12.1 Å². The van der Waals surface area contributed by atoms with Crippen LogP contribution in [0.1, 0.15) is 10.4 Å². The standard InChI is InChI=1S/C9H11N3O3/c10-8(13)5-15-7-3-1-6(2-4-7)9(14)12-11/h1-4H,5,11H2,(H2,10,13)(H,12,14). The summed E-state index contributed by atoms with van der Waals surface area (Å²) in [5, 5.41) is 0. The lowest BCUT2D eigenvalue weighted by Gasteiger charge is -2.04. The Hall–Kier alpha value is -2.08. The van der Waals surface area contributed by atoms with Crippen molar-refractivity contribution in [2.75, 3.05) is 6.61 Å². The van der Waals surface area contributed by atoms with E-state index in [1.165, 1.54) is 12.1 Å². The number of carbonyl (C=O) groups is 2. The summed E-state index contributed by atoms with van der Waals surface area (Å²) in [6.45, 7) is -0.192. The number of hydrogen-bond donors (Lipinski definition) is 3. The van der Waals surface area contributed by atoms with Gasteiger partial charge in [0.05, 0.1) is 0 Å². The molecule has 0 radical (unpaired) electrons. The molecular weight excluding hydrogens is 198 g/mol. The fourth-order valence-electron chi connectivity index (χ4n) is 0.940. The van der Waals surface area contributed by atoms with Crippen molar-refractivity contribution in [3.63, 3.8) is 0 Å². The van der Waals surface area contributed by atoms with Gasteiger partial charge in [0.1, 0.15) is 5.75 Å². The first-order chi connectivity index (χ1) is 7.13. The first-order valence-electron chi connectivity index (χ1n) is 4.15. The van der Waals surface area contributed by atoms with Crippen LogP contribution in [0.5, 0.6) is 5.75 Å². The van der Waals surface area contributed by atoms with Crippen molar-refractivity contribution in [2.45, 2.75) is 0 Å². The van der Waals surface area contributed by atoms with Crippen LogP contribution in [0.4, 0.5) is 0 Å². The molecule has 0 aliphatic carbocycles. The molecule has 15 heavy (non-hydrogen) atoms. The molecule has 1 aromatic rings. The summed E-state index contributed by atoms with van der Waals surface area (Å²) in [5.41, 5.74) is 7.30. The maximum absolute atomic E-state index is 11.0. The van der Waals surface area contributed by atoms with Gasteiger partial charge >= 0.3 is 0 Å². The van der Waals surface area contributed by atoms with Gasteiger partial charge in [0, 0.05) is 5.56 Å². The fraction of sp³-hybridized carbons (Fsp3) is 0.111. The average molecular weight is 209 g/mol. The summed E-state index contributed by atoms with van der Waals surface area (Å²) < 4.78 is 5.00. The molecule has 0 atom stereocenters. The molecular formula is C9H11N3O3. The summed E-state index contributed by atoms with van der Waals surface area (Å²) in [6.07, 6.45) is 0. The van der Waals surface area contributed by atoms with Crippen molar-refractivity contribution in [3.05, 3.63) is 29.8 Å². The van der Waals surface area contributed by atoms with Crippen LogP contribution in [0.2, 0.25) is 0 Å². The molecule has 6 nitrogen and oxygen atoms in total. The number of amides is 2. The van der Waals surface area contributed by atoms with Gasteiger partial charge in [0.15, 0.2) is 6.61 Å². The first kappa shape index (κ1) is 11.0. The van der Waals surface area contributed by atoms with Crippen molar-refractivity contribution in [1.29, 1.82) is 0 Å². The van der Waals surface area contributed by atoms with Crippen LogP contribution in [0, 0.1) is 0 Å². The predicted octanol–water partition coefficient (Wildman–Crippen LogP) is -0.846. The third-order valence-corrected chi connectivity index (χ3v) is 1.63. The fourth-order valence-corrected chi connectivity index (χ4v) is 0.940. The van der Waals surface area contributed by atoms with Crippen LogP contribution < -0.4 is 21.7 Å². The molecule has 0 saturated heterocycles. The SMILES string of the molecule is NNC(=O)c1ccc(OCC(N)=O)cc1. The predicted molar refractivity (Wildman–Crippen MR) is 52.8 cm³/mol. The lowest BCUT2D eigenvalue weighted by Crippen LogP contribution is -2.29. The molecule has 0 fully saturated rings. The van der Waals surface area contributed by atoms with Gasteiger partial charge in [0.25, 0.3) is 11.8 Å². The van der Waals surface area contributed by atoms with E-state index in [1.807, 2.05) is 5.43 Å². The quantitative estimate of drug-likeness (QED) is 0.341. The molecule has 80 valence electrons. The molecule has 1 rings (SSSR count). The average Bonchev–Trinajstić information content (AvgIpc) is 2.26. The number of carbonyl (C=O) groups excluding carboxylic acids is 2. The Morgan fingerprint density at radius 2 is 1.87 bits per heavy atom. The zero-order valence-electron chi connectivity index (χ0n) is 7.90. The molecule has 0 spiro atoms. The van der Waals surface area contributed by atoms with Crippen LogP contribution >= 0.6 is 0 Å². The van der Waals surface area contributed by atoms with Gasteiger partial charge in [-0.25, -0.2) is 5.84 Å². The highest BCUT2D eigenvalue weighted by Gasteiger charge is 2.03. The maximum Gasteiger partial charge on any atom is 0.265 e. The number of benzene rings is 1. The molecule has 1 aromatic carbocycles. The number of rotatable bonds is 4. The highest BCUT2D eigenvalue weighted by Crippen LogP contribution is 2.11. The number of primary amides is 1. The van der Waals surface area contributed by atoms with Gasteiger partial charge in [-0.2, -0.15) is 0 Å². The lowest BCUT2D eigenvalue weighted by atomic mass is 10.2. The molecule has 2 amide bonds. The second kappa shape index (κ2) is 4.97. The summed E-state index contributed by atoms with van der Waals surface area (Å²) in [5.74, 6) is 4.46. The van der Waals surface area contributed by atoms with E-state index in [0.717, 1.165) is 0 Å². The van der Waals surface area contributed by atoms with Gasteiger partial charge < -0.3 is 10.5 Å². The van der Waals surface area contributed by atoms with Crippen molar-refractivity contribution in [3.8, 4) is 5.75 Å². The number of hydrogen-bond acceptors (Lipinski definition) is 4. The zero-order valence-corrected chi connectivity index (χ0v) is 7.90. The van der Waals surface area contributed by atoms with Crippen LogP contribution in [0.3, 0.4) is 0 Å². The zero-order chi connectivity index (χ0) is 11.3. The Kier molecular flexibility index (Phi) is 3.64. The van der Waals surface area contributed by atoms with E-state index >= 15 is 0 Å². The molecule has 0 aliphatic heterocycles. The summed E-state index contributed by atoms with van der Waals surface area (Å²) in [4.78, 5) is 21.5. The van der Waals surface area contributed by atoms with E-state index in [2.05, 4.69) is 0 Å². The number of nitrogens with one attached hydrogen (secondary N) is 1. The Morgan fingerprint density at radius 1 is 1.27 bits per heavy atom. The van der Waals surface area contributed by atoms with Crippen LogP contribution in [-0.2, 0) is 4.79 Å². The highest BCUT2D eigenvalue weighted by molar-refractivity contribution is 5.93. The van der Waals surface area contributed by atoms with Crippen LogP contribution in [0.25, 0.3) is 0 Å². The Labute approximate surface area is 86.2 Å². The smallest absolute Gasteiger partial charge is 0.265 e. The molecule has 0 saturated carbocycles. The lowest BCUT2D eigenvalue weighted by molar-refractivity contribution is -0.119. The van der Waals surface area contributed by atoms with Gasteiger partial charge in [-0.05, 0) is 24.3 Å². The van der Waals surface area contributed by atoms with Gasteiger partial charge in [-0.15, -0.1) is 0 Å². The van der Waals surface area contributed by atoms with Crippen LogP contribution in [0.15, 0.2) is 24.3 Å². The molecule has 0 bridgehead atoms. The summed E-state index contributed by atoms with van der Waals surface area (Å²) in [7, 11) is 0. The van der Waals surface area contributed by atoms with Crippen molar-refractivity contribution < 1.29 is 14.3 Å². The number of ether oxygens (including phenoxy) is 1. The second-order valence-corrected chi connectivity index (χ2v) is 2.75. The normalized spacial score (nSPS) is 9.40. The molecule has 5 N–H and O–H groups in total. The first-order valence-corrected chi connectivity index (χ1v) is 4.15. The van der Waals surface area contributed by atoms with E-state index in [9.17, 15) is 9.59 Å². The topological polar surface area (TPSA) is 107 Å². The van der Waals surface area contributed by atoms with E-state index in [4.69, 9.17) is 16.3 Å². The van der Waals surface area contributed by atoms with E-state index < -0.39 is 11.8 Å². The van der Waals surface area contributed by atoms with Gasteiger partial charge in [-0.1, -0.05) is 0 Å². The number of hydrazine groups is 1. The van der Waals surface area contributed by atoms with Gasteiger partial charge in [-0.3, -0.25) is 15.0 Å². The maximum atomic E-state index is 11.0. The molecule has 0 aromatic heterocycles. The minimum Gasteiger partial charge on any atom is -0.484 e. The number of nitrogens with two attached hydrogens (primary N) is 2. The monoisotopic (exact) mass is 209 g/mol. The Bertz CT molecular complexity index is 361. The van der Waals surface area contributed by atoms with E-state index in [0.29, 0.717) is 11.3 Å². The third-order valence-electron chi connectivity index (χ3n) is 1.63. The Morgan fingerprint density at radius 3 is 2.33 bits per heavy atom. The Balaban J connectivity index is 2.64. The van der Waals surface area contributed by atoms with Crippen molar-refractivity contribution in [1.82, 2.24) is 5.43 Å². The van der Waals surface area contributed by atoms with E-state index in [-0.39, 0.29) is 6.61 Å².